The second-order valence-electron chi connectivity index (χ2n) is 10.3. The Hall–Kier alpha value is -3.71. The summed E-state index contributed by atoms with van der Waals surface area (Å²) in [6.45, 7) is 5.22. The second kappa shape index (κ2) is 11.6. The van der Waals surface area contributed by atoms with Crippen LogP contribution in [-0.2, 0) is 13.2 Å². The van der Waals surface area contributed by atoms with E-state index in [4.69, 9.17) is 0 Å². The van der Waals surface area contributed by atoms with Crippen LogP contribution >= 0.6 is 11.3 Å². The molecule has 4 heterocycles. The van der Waals surface area contributed by atoms with Crippen molar-refractivity contribution in [3.63, 3.8) is 0 Å². The minimum Gasteiger partial charge on any atom is -0.504 e. The molecular weight excluding hydrogens is 557 g/mol. The maximum Gasteiger partial charge on any atom is 0.416 e. The number of benzene rings is 1. The smallest absolute Gasteiger partial charge is 0.416 e. The highest BCUT2D eigenvalue weighted by atomic mass is 32.1. The maximum atomic E-state index is 13.0. The number of rotatable bonds is 6. The van der Waals surface area contributed by atoms with Crippen LogP contribution < -0.4 is 5.43 Å². The third kappa shape index (κ3) is 6.15. The van der Waals surface area contributed by atoms with Gasteiger partial charge in [0.1, 0.15) is 5.69 Å². The molecule has 0 radical (unpaired) electrons. The fourth-order valence-corrected chi connectivity index (χ4v) is 6.28. The number of carbonyl (C=O) groups excluding carboxylic acids is 2. The van der Waals surface area contributed by atoms with Gasteiger partial charge in [0.05, 0.1) is 21.0 Å². The number of alkyl halides is 3. The molecule has 2 saturated heterocycles. The average molecular weight is 589 g/mol. The lowest BCUT2D eigenvalue weighted by Gasteiger charge is -2.36. The molecule has 13 heteroatoms. The van der Waals surface area contributed by atoms with E-state index in [0.29, 0.717) is 34.4 Å². The number of likely N-dealkylation sites (tertiary alicyclic amines) is 2. The van der Waals surface area contributed by atoms with Gasteiger partial charge in [0.15, 0.2) is 11.4 Å². The van der Waals surface area contributed by atoms with Crippen LogP contribution in [-0.4, -0.2) is 74.4 Å². The summed E-state index contributed by atoms with van der Waals surface area (Å²) < 4.78 is 40.1. The number of carbonyl (C=O) groups is 2. The topological polar surface area (TPSA) is 103 Å². The summed E-state index contributed by atoms with van der Waals surface area (Å²) in [5, 5.41) is 19.1. The third-order valence-corrected chi connectivity index (χ3v) is 8.70. The first-order valence-corrected chi connectivity index (χ1v) is 14.3. The molecule has 2 aromatic heterocycles. The van der Waals surface area contributed by atoms with Gasteiger partial charge in [-0.15, -0.1) is 11.3 Å². The predicted octanol–water partition coefficient (Wildman–Crippen LogP) is 4.73. The number of halogens is 3. The summed E-state index contributed by atoms with van der Waals surface area (Å²) in [6.07, 6.45) is -0.0651. The van der Waals surface area contributed by atoms with E-state index >= 15 is 0 Å². The number of aromatic hydroxyl groups is 1. The molecule has 0 unspecified atom stereocenters. The Morgan fingerprint density at radius 1 is 1.02 bits per heavy atom. The normalized spacial score (nSPS) is 17.3. The van der Waals surface area contributed by atoms with Crippen molar-refractivity contribution in [2.24, 2.45) is 12.1 Å². The SMILES string of the molecule is CC(=NNC(=O)c1ccc(C(=O)N2CCC(N3CCCC3)CC2)s1)c1nn(C)c(-c2ccc(C(F)(F)F)cc2)c1O. The van der Waals surface area contributed by atoms with Crippen LogP contribution in [0.1, 0.15) is 63.2 Å². The first-order chi connectivity index (χ1) is 19.5. The molecule has 9 nitrogen and oxygen atoms in total. The van der Waals surface area contributed by atoms with Gasteiger partial charge in [-0.05, 0) is 70.0 Å². The van der Waals surface area contributed by atoms with Gasteiger partial charge in [-0.1, -0.05) is 12.1 Å². The number of aryl methyl sites for hydroxylation is 1. The van der Waals surface area contributed by atoms with E-state index in [1.807, 2.05) is 4.90 Å². The molecule has 1 aromatic carbocycles. The number of amides is 2. The van der Waals surface area contributed by atoms with Crippen LogP contribution in [0.2, 0.25) is 0 Å². The monoisotopic (exact) mass is 588 g/mol. The Morgan fingerprint density at radius 2 is 1.66 bits per heavy atom. The third-order valence-electron chi connectivity index (χ3n) is 7.63. The maximum absolute atomic E-state index is 13.0. The van der Waals surface area contributed by atoms with Gasteiger partial charge in [-0.3, -0.25) is 14.3 Å². The molecule has 2 aliphatic rings. The molecule has 0 saturated carbocycles. The van der Waals surface area contributed by atoms with Crippen LogP contribution in [0.25, 0.3) is 11.3 Å². The van der Waals surface area contributed by atoms with Gasteiger partial charge >= 0.3 is 6.18 Å². The van der Waals surface area contributed by atoms with E-state index in [1.54, 1.807) is 19.2 Å². The highest BCUT2D eigenvalue weighted by Gasteiger charge is 2.31. The molecule has 2 N–H and O–H groups in total. The molecule has 0 spiro atoms. The van der Waals surface area contributed by atoms with Crippen LogP contribution in [0.4, 0.5) is 13.2 Å². The Bertz CT molecular complexity index is 1450. The van der Waals surface area contributed by atoms with Crippen molar-refractivity contribution < 1.29 is 27.9 Å². The standard InChI is InChI=1S/C28H31F3N6O3S/c1-17(23-25(38)24(35(2)34-23)18-5-7-19(8-6-18)28(29,30)31)32-33-26(39)21-9-10-22(41-21)27(40)37-15-11-20(12-16-37)36-13-3-4-14-36/h5-10,20,38H,3-4,11-16H2,1-2H3,(H,33,39). The van der Waals surface area contributed by atoms with Crippen molar-refractivity contribution in [3.8, 4) is 17.0 Å². The van der Waals surface area contributed by atoms with Crippen molar-refractivity contribution in [3.05, 3.63) is 57.4 Å². The number of nitrogens with one attached hydrogen (secondary N) is 1. The highest BCUT2D eigenvalue weighted by Crippen LogP contribution is 2.35. The predicted molar refractivity (Wildman–Crippen MR) is 149 cm³/mol. The molecule has 2 amide bonds. The van der Waals surface area contributed by atoms with E-state index in [-0.39, 0.29) is 28.8 Å². The lowest BCUT2D eigenvalue weighted by atomic mass is 10.0. The molecule has 41 heavy (non-hydrogen) atoms. The number of thiophene rings is 1. The van der Waals surface area contributed by atoms with E-state index in [1.165, 1.54) is 36.6 Å². The van der Waals surface area contributed by atoms with E-state index < -0.39 is 17.6 Å². The molecule has 2 fully saturated rings. The summed E-state index contributed by atoms with van der Waals surface area (Å²) in [5.41, 5.74) is 2.44. The summed E-state index contributed by atoms with van der Waals surface area (Å²) in [4.78, 5) is 31.0. The number of nitrogens with zero attached hydrogens (tertiary/aromatic N) is 5. The Morgan fingerprint density at radius 3 is 2.29 bits per heavy atom. The van der Waals surface area contributed by atoms with Gasteiger partial charge in [0.25, 0.3) is 11.8 Å². The largest absolute Gasteiger partial charge is 0.504 e. The number of aromatic nitrogens is 2. The molecule has 2 aliphatic heterocycles. The minimum atomic E-state index is -4.47. The van der Waals surface area contributed by atoms with Gasteiger partial charge in [0, 0.05) is 31.7 Å². The van der Waals surface area contributed by atoms with Crippen molar-refractivity contribution in [1.29, 1.82) is 0 Å². The number of hydrogen-bond acceptors (Lipinski definition) is 7. The van der Waals surface area contributed by atoms with Crippen molar-refractivity contribution in [1.82, 2.24) is 25.0 Å². The quantitative estimate of drug-likeness (QED) is 0.320. The zero-order chi connectivity index (χ0) is 29.3. The van der Waals surface area contributed by atoms with Crippen molar-refractivity contribution in [2.75, 3.05) is 26.2 Å². The molecule has 0 bridgehead atoms. The van der Waals surface area contributed by atoms with Crippen molar-refractivity contribution >= 4 is 28.9 Å². The minimum absolute atomic E-state index is 0.0714. The van der Waals surface area contributed by atoms with Crippen LogP contribution in [0.15, 0.2) is 41.5 Å². The van der Waals surface area contributed by atoms with Gasteiger partial charge in [-0.2, -0.15) is 23.4 Å². The van der Waals surface area contributed by atoms with E-state index in [0.717, 1.165) is 49.4 Å². The molecule has 3 aromatic rings. The van der Waals surface area contributed by atoms with E-state index in [9.17, 15) is 27.9 Å². The Labute approximate surface area is 239 Å². The summed E-state index contributed by atoms with van der Waals surface area (Å²) >= 11 is 1.09. The molecule has 5 rings (SSSR count). The second-order valence-corrected chi connectivity index (χ2v) is 11.4. The van der Waals surface area contributed by atoms with Crippen molar-refractivity contribution in [2.45, 2.75) is 44.8 Å². The molecule has 0 aliphatic carbocycles. The zero-order valence-corrected chi connectivity index (χ0v) is 23.6. The summed E-state index contributed by atoms with van der Waals surface area (Å²) in [5.74, 6) is -0.873. The molecule has 0 atom stereocenters. The van der Waals surface area contributed by atoms with Crippen LogP contribution in [0.5, 0.6) is 5.75 Å². The van der Waals surface area contributed by atoms with Crippen LogP contribution in [0.3, 0.4) is 0 Å². The lowest BCUT2D eigenvalue weighted by Crippen LogP contribution is -2.45. The summed E-state index contributed by atoms with van der Waals surface area (Å²) in [7, 11) is 1.54. The average Bonchev–Trinajstić information content (AvgIpc) is 3.72. The molecule has 218 valence electrons. The lowest BCUT2D eigenvalue weighted by molar-refractivity contribution is -0.137. The Kier molecular flexibility index (Phi) is 8.18. The molecular formula is C28H31F3N6O3S. The van der Waals surface area contributed by atoms with Gasteiger partial charge in [0.2, 0.25) is 0 Å². The fraction of sp³-hybridized carbons (Fsp3) is 0.429. The van der Waals surface area contributed by atoms with Gasteiger partial charge in [-0.25, -0.2) is 5.43 Å². The van der Waals surface area contributed by atoms with E-state index in [2.05, 4.69) is 20.5 Å². The number of hydrazone groups is 1. The van der Waals surface area contributed by atoms with Crippen LogP contribution in [0, 0.1) is 0 Å². The zero-order valence-electron chi connectivity index (χ0n) is 22.7. The first-order valence-electron chi connectivity index (χ1n) is 13.4. The summed E-state index contributed by atoms with van der Waals surface area (Å²) in [6, 6.07) is 8.13. The number of piperidine rings is 1. The number of hydrogen-bond donors (Lipinski definition) is 2. The fourth-order valence-electron chi connectivity index (χ4n) is 5.41. The Balaban J connectivity index is 1.21. The first kappa shape index (κ1) is 28.8. The highest BCUT2D eigenvalue weighted by molar-refractivity contribution is 7.15. The van der Waals surface area contributed by atoms with Gasteiger partial charge < -0.3 is 14.9 Å².